The molecule has 0 radical (unpaired) electrons. The summed E-state index contributed by atoms with van der Waals surface area (Å²) >= 11 is 0. The number of aliphatic hydroxyl groups excluding tert-OH is 2. The molecule has 0 aliphatic rings. The first-order valence-electron chi connectivity index (χ1n) is 24.2. The molecule has 6 nitrogen and oxygen atoms in total. The number of nitrogens with one attached hydrogen (secondary N) is 1. The summed E-state index contributed by atoms with van der Waals surface area (Å²) in [4.78, 5) is 26.0. The van der Waals surface area contributed by atoms with Crippen molar-refractivity contribution in [2.45, 2.75) is 238 Å². The summed E-state index contributed by atoms with van der Waals surface area (Å²) in [7, 11) is 0. The van der Waals surface area contributed by atoms with Crippen molar-refractivity contribution >= 4 is 11.9 Å². The first kappa shape index (κ1) is 55.3. The third kappa shape index (κ3) is 40.1. The first-order valence-corrected chi connectivity index (χ1v) is 24.2. The number of rotatable bonds is 42. The number of amides is 1. The summed E-state index contributed by atoms with van der Waals surface area (Å²) in [5.74, 6) is -0.566. The molecule has 0 saturated carbocycles. The third-order valence-corrected chi connectivity index (χ3v) is 10.5. The molecule has 3 N–H and O–H groups in total. The predicted octanol–water partition coefficient (Wildman–Crippen LogP) is 14.2. The Labute approximate surface area is 358 Å². The SMILES string of the molecule is CC/C=C\C/C=C\C/C=C\C/C=C\C/C=C\CCCC(=O)OC(CCCCC/C=C\CCCC)CC(=O)NC(CO)C(O)CCCCCCCCCCCCCCC. The first-order chi connectivity index (χ1) is 28.5. The number of carbonyl (C=O) groups excluding carboxylic acids is 2. The molecule has 0 fully saturated rings. The molecule has 58 heavy (non-hydrogen) atoms. The van der Waals surface area contributed by atoms with Crippen molar-refractivity contribution < 1.29 is 24.5 Å². The average Bonchev–Trinajstić information content (AvgIpc) is 3.22. The second-order valence-electron chi connectivity index (χ2n) is 16.1. The van der Waals surface area contributed by atoms with Gasteiger partial charge in [0.05, 0.1) is 25.2 Å². The second-order valence-corrected chi connectivity index (χ2v) is 16.1. The van der Waals surface area contributed by atoms with Crippen LogP contribution in [0.2, 0.25) is 0 Å². The number of ether oxygens (including phenoxy) is 1. The van der Waals surface area contributed by atoms with E-state index in [0.29, 0.717) is 25.7 Å². The Balaban J connectivity index is 4.60. The lowest BCUT2D eigenvalue weighted by Gasteiger charge is -2.24. The molecule has 3 atom stereocenters. The van der Waals surface area contributed by atoms with Gasteiger partial charge in [-0.15, -0.1) is 0 Å². The van der Waals surface area contributed by atoms with Gasteiger partial charge < -0.3 is 20.3 Å². The molecule has 334 valence electrons. The van der Waals surface area contributed by atoms with Crippen LogP contribution in [0.25, 0.3) is 0 Å². The Morgan fingerprint density at radius 1 is 0.517 bits per heavy atom. The van der Waals surface area contributed by atoms with Crippen LogP contribution in [-0.2, 0) is 14.3 Å². The number of hydrogen-bond donors (Lipinski definition) is 3. The summed E-state index contributed by atoms with van der Waals surface area (Å²) in [6.45, 7) is 6.29. The maximum Gasteiger partial charge on any atom is 0.306 e. The van der Waals surface area contributed by atoms with Crippen molar-refractivity contribution in [1.82, 2.24) is 5.32 Å². The van der Waals surface area contributed by atoms with Gasteiger partial charge in [-0.05, 0) is 83.5 Å². The van der Waals surface area contributed by atoms with Crippen molar-refractivity contribution in [2.24, 2.45) is 0 Å². The Morgan fingerprint density at radius 3 is 1.48 bits per heavy atom. The lowest BCUT2D eigenvalue weighted by molar-refractivity contribution is -0.151. The minimum atomic E-state index is -0.802. The summed E-state index contributed by atoms with van der Waals surface area (Å²) < 4.78 is 5.86. The van der Waals surface area contributed by atoms with Gasteiger partial charge in [-0.1, -0.05) is 196 Å². The molecule has 0 aromatic carbocycles. The number of unbranched alkanes of at least 4 members (excludes halogenated alkanes) is 18. The van der Waals surface area contributed by atoms with E-state index in [0.717, 1.165) is 89.9 Å². The zero-order chi connectivity index (χ0) is 42.4. The van der Waals surface area contributed by atoms with Crippen molar-refractivity contribution in [1.29, 1.82) is 0 Å². The molecular weight excluding hydrogens is 719 g/mol. The highest BCUT2D eigenvalue weighted by molar-refractivity contribution is 5.77. The van der Waals surface area contributed by atoms with Crippen LogP contribution < -0.4 is 5.32 Å². The van der Waals surface area contributed by atoms with Crippen LogP contribution in [0.1, 0.15) is 220 Å². The van der Waals surface area contributed by atoms with Gasteiger partial charge in [-0.25, -0.2) is 0 Å². The number of hydrogen-bond acceptors (Lipinski definition) is 5. The fourth-order valence-corrected chi connectivity index (χ4v) is 6.86. The van der Waals surface area contributed by atoms with E-state index in [2.05, 4.69) is 99.0 Å². The van der Waals surface area contributed by atoms with E-state index < -0.39 is 18.2 Å². The molecule has 0 aromatic rings. The normalized spacial score (nSPS) is 13.9. The van der Waals surface area contributed by atoms with E-state index in [9.17, 15) is 19.8 Å². The zero-order valence-corrected chi connectivity index (χ0v) is 37.9. The Morgan fingerprint density at radius 2 is 0.948 bits per heavy atom. The van der Waals surface area contributed by atoms with Crippen molar-refractivity contribution in [3.05, 3.63) is 72.9 Å². The minimum Gasteiger partial charge on any atom is -0.462 e. The zero-order valence-electron chi connectivity index (χ0n) is 37.9. The summed E-state index contributed by atoms with van der Waals surface area (Å²) in [6.07, 6.45) is 56.8. The molecule has 0 aliphatic heterocycles. The third-order valence-electron chi connectivity index (χ3n) is 10.5. The van der Waals surface area contributed by atoms with Crippen LogP contribution in [0, 0.1) is 0 Å². The Hall–Kier alpha value is -2.70. The second kappa shape index (κ2) is 45.4. The number of esters is 1. The smallest absolute Gasteiger partial charge is 0.306 e. The van der Waals surface area contributed by atoms with E-state index >= 15 is 0 Å². The number of allylic oxidation sites excluding steroid dienone is 12. The largest absolute Gasteiger partial charge is 0.462 e. The van der Waals surface area contributed by atoms with E-state index in [1.165, 1.54) is 77.0 Å². The molecule has 1 amide bonds. The maximum absolute atomic E-state index is 13.1. The molecular formula is C52H91NO5. The predicted molar refractivity (Wildman–Crippen MR) is 250 cm³/mol. The van der Waals surface area contributed by atoms with Gasteiger partial charge in [0.15, 0.2) is 0 Å². The van der Waals surface area contributed by atoms with Gasteiger partial charge in [-0.3, -0.25) is 9.59 Å². The van der Waals surface area contributed by atoms with Crippen molar-refractivity contribution in [2.75, 3.05) is 6.61 Å². The van der Waals surface area contributed by atoms with Crippen LogP contribution in [0.15, 0.2) is 72.9 Å². The van der Waals surface area contributed by atoms with Gasteiger partial charge in [0, 0.05) is 6.42 Å². The van der Waals surface area contributed by atoms with Gasteiger partial charge >= 0.3 is 5.97 Å². The van der Waals surface area contributed by atoms with E-state index in [1.807, 2.05) is 0 Å². The topological polar surface area (TPSA) is 95.9 Å². The summed E-state index contributed by atoms with van der Waals surface area (Å²) in [5, 5.41) is 23.7. The molecule has 6 heteroatoms. The molecule has 3 unspecified atom stereocenters. The van der Waals surface area contributed by atoms with Crippen molar-refractivity contribution in [3.8, 4) is 0 Å². The minimum absolute atomic E-state index is 0.0411. The fourth-order valence-electron chi connectivity index (χ4n) is 6.86. The molecule has 0 rings (SSSR count). The lowest BCUT2D eigenvalue weighted by atomic mass is 10.0. The highest BCUT2D eigenvalue weighted by atomic mass is 16.5. The Bertz CT molecular complexity index is 1090. The van der Waals surface area contributed by atoms with Gasteiger partial charge in [0.1, 0.15) is 6.10 Å². The Kier molecular flexibility index (Phi) is 43.3. The van der Waals surface area contributed by atoms with Crippen LogP contribution in [-0.4, -0.2) is 46.9 Å². The van der Waals surface area contributed by atoms with Crippen LogP contribution in [0.5, 0.6) is 0 Å². The fraction of sp³-hybridized carbons (Fsp3) is 0.731. The monoisotopic (exact) mass is 810 g/mol. The molecule has 0 aromatic heterocycles. The summed E-state index contributed by atoms with van der Waals surface area (Å²) in [6, 6.07) is -0.718. The highest BCUT2D eigenvalue weighted by Gasteiger charge is 2.24. The number of carbonyl (C=O) groups is 2. The molecule has 0 heterocycles. The molecule has 0 bridgehead atoms. The van der Waals surface area contributed by atoms with Gasteiger partial charge in [0.25, 0.3) is 0 Å². The maximum atomic E-state index is 13.1. The van der Waals surface area contributed by atoms with Crippen LogP contribution in [0.4, 0.5) is 0 Å². The highest BCUT2D eigenvalue weighted by Crippen LogP contribution is 2.17. The quantitative estimate of drug-likeness (QED) is 0.0324. The van der Waals surface area contributed by atoms with Crippen molar-refractivity contribution in [3.63, 3.8) is 0 Å². The number of aliphatic hydroxyl groups is 2. The summed E-state index contributed by atoms with van der Waals surface area (Å²) in [5.41, 5.74) is 0. The van der Waals surface area contributed by atoms with E-state index in [1.54, 1.807) is 0 Å². The van der Waals surface area contributed by atoms with Gasteiger partial charge in [0.2, 0.25) is 5.91 Å². The van der Waals surface area contributed by atoms with Crippen LogP contribution >= 0.6 is 0 Å². The van der Waals surface area contributed by atoms with Crippen LogP contribution in [0.3, 0.4) is 0 Å². The van der Waals surface area contributed by atoms with Gasteiger partial charge in [-0.2, -0.15) is 0 Å². The van der Waals surface area contributed by atoms with E-state index in [4.69, 9.17) is 4.74 Å². The average molecular weight is 810 g/mol. The molecule has 0 saturated heterocycles. The van der Waals surface area contributed by atoms with E-state index in [-0.39, 0.29) is 24.9 Å². The standard InChI is InChI=1S/C52H91NO5/c1-4-7-10-13-16-19-21-23-24-25-26-28-30-33-36-39-42-45-52(57)58-48(43-40-37-34-31-18-15-12-9-6-3)46-51(56)53-49(47-54)50(55)44-41-38-35-32-29-27-22-20-17-14-11-8-5-2/h7,10,15-16,18-19,23-24,26,28,33,36,48-50,54-55H,4-6,8-9,11-14,17,20-22,25,27,29-32,34-35,37-47H2,1-3H3,(H,53,56)/b10-7-,18-15-,19-16-,24-23-,28-26-,36-33-. The molecule has 0 aliphatic carbocycles. The molecule has 0 spiro atoms. The lowest BCUT2D eigenvalue weighted by Crippen LogP contribution is -2.46.